The minimum atomic E-state index is -2.98. The van der Waals surface area contributed by atoms with Crippen LogP contribution in [-0.2, 0) is 11.2 Å². The van der Waals surface area contributed by atoms with Gasteiger partial charge in [-0.2, -0.15) is 0 Å². The van der Waals surface area contributed by atoms with Crippen LogP contribution in [0, 0.1) is 6.92 Å². The highest BCUT2D eigenvalue weighted by molar-refractivity contribution is 7.62. The summed E-state index contributed by atoms with van der Waals surface area (Å²) in [5.41, 5.74) is 0.366. The molecule has 0 saturated carbocycles. The molecule has 1 heterocycles. The maximum atomic E-state index is 13.9. The number of alkyl halides is 1. The molecule has 16 heavy (non-hydrogen) atoms. The number of hydrogen-bond donors (Lipinski definition) is 2. The molecule has 0 fully saturated rings. The molecule has 0 bridgehead atoms. The van der Waals surface area contributed by atoms with Crippen molar-refractivity contribution in [1.29, 1.82) is 0 Å². The molecule has 4 nitrogen and oxygen atoms in total. The van der Waals surface area contributed by atoms with Crippen molar-refractivity contribution in [3.63, 3.8) is 0 Å². The minimum absolute atomic E-state index is 0.000988. The summed E-state index contributed by atoms with van der Waals surface area (Å²) in [6.07, 6.45) is 1.21. The van der Waals surface area contributed by atoms with Gasteiger partial charge < -0.3 is 14.8 Å². The van der Waals surface area contributed by atoms with Gasteiger partial charge in [0.2, 0.25) is 0 Å². The number of aryl methyl sites for hydroxylation is 1. The second kappa shape index (κ2) is 4.52. The van der Waals surface area contributed by atoms with E-state index >= 15 is 0 Å². The molecule has 0 amide bonds. The zero-order chi connectivity index (χ0) is 12.5. The van der Waals surface area contributed by atoms with E-state index in [0.29, 0.717) is 5.69 Å². The van der Waals surface area contributed by atoms with Crippen molar-refractivity contribution < 1.29 is 19.2 Å². The van der Waals surface area contributed by atoms with Gasteiger partial charge in [0.15, 0.2) is 5.91 Å². The molecule has 0 radical (unpaired) electrons. The fourth-order valence-corrected chi connectivity index (χ4v) is 2.26. The summed E-state index contributed by atoms with van der Waals surface area (Å²) in [6.45, 7) is 3.67. The smallest absolute Gasteiger partial charge is 0.179 e. The first-order valence-corrected chi connectivity index (χ1v) is 7.43. The van der Waals surface area contributed by atoms with E-state index in [2.05, 4.69) is 4.98 Å². The topological polar surface area (TPSA) is 70.4 Å². The number of aliphatic hydroxyl groups is 1. The first-order valence-electron chi connectivity index (χ1n) is 4.76. The van der Waals surface area contributed by atoms with Crippen LogP contribution in [-0.4, -0.2) is 28.5 Å². The van der Waals surface area contributed by atoms with Crippen LogP contribution >= 0.6 is 7.14 Å². The summed E-state index contributed by atoms with van der Waals surface area (Å²) >= 11 is 0. The van der Waals surface area contributed by atoms with Gasteiger partial charge in [-0.15, -0.1) is 0 Å². The molecular formula is C10H15FNO3P. The lowest BCUT2D eigenvalue weighted by Crippen LogP contribution is -2.02. The molecule has 90 valence electrons. The Hall–Kier alpha value is -0.930. The van der Waals surface area contributed by atoms with E-state index in [1.54, 1.807) is 6.92 Å². The normalized spacial score (nSPS) is 13.8. The standard InChI is InChI=1S/C10H15FNO3P/c1-6-9(14)8(5-13)7(4-12-6)10(11)16(2,3)15/h4,10,13-14H,5H2,1-3H3. The molecule has 0 aliphatic rings. The summed E-state index contributed by atoms with van der Waals surface area (Å²) in [5.74, 6) is -1.95. The van der Waals surface area contributed by atoms with Crippen LogP contribution in [0.3, 0.4) is 0 Å². The zero-order valence-corrected chi connectivity index (χ0v) is 10.3. The van der Waals surface area contributed by atoms with Crippen molar-refractivity contribution >= 4 is 7.14 Å². The van der Waals surface area contributed by atoms with Crippen molar-refractivity contribution in [3.05, 3.63) is 23.0 Å². The third kappa shape index (κ3) is 2.42. The monoisotopic (exact) mass is 247 g/mol. The maximum Gasteiger partial charge on any atom is 0.179 e. The highest BCUT2D eigenvalue weighted by Crippen LogP contribution is 2.54. The van der Waals surface area contributed by atoms with Gasteiger partial charge in [0.05, 0.1) is 12.3 Å². The summed E-state index contributed by atoms with van der Waals surface area (Å²) in [4.78, 5) is 3.80. The summed E-state index contributed by atoms with van der Waals surface area (Å²) in [5, 5.41) is 18.7. The number of rotatable bonds is 3. The van der Waals surface area contributed by atoms with E-state index in [1.165, 1.54) is 19.5 Å². The van der Waals surface area contributed by atoms with Gasteiger partial charge in [-0.25, -0.2) is 4.39 Å². The zero-order valence-electron chi connectivity index (χ0n) is 9.44. The molecule has 1 rings (SSSR count). The van der Waals surface area contributed by atoms with Gasteiger partial charge >= 0.3 is 0 Å². The van der Waals surface area contributed by atoms with Gasteiger partial charge in [-0.3, -0.25) is 4.98 Å². The Morgan fingerprint density at radius 2 is 2.12 bits per heavy atom. The fourth-order valence-electron chi connectivity index (χ4n) is 1.37. The molecular weight excluding hydrogens is 232 g/mol. The van der Waals surface area contributed by atoms with Gasteiger partial charge in [-0.1, -0.05) is 0 Å². The van der Waals surface area contributed by atoms with Crippen LogP contribution < -0.4 is 0 Å². The second-order valence-electron chi connectivity index (χ2n) is 4.05. The molecule has 0 saturated heterocycles. The Balaban J connectivity index is 3.35. The number of aromatic hydroxyl groups is 1. The van der Waals surface area contributed by atoms with Crippen LogP contribution in [0.15, 0.2) is 6.20 Å². The van der Waals surface area contributed by atoms with E-state index in [4.69, 9.17) is 5.11 Å². The van der Waals surface area contributed by atoms with Crippen molar-refractivity contribution in [2.24, 2.45) is 0 Å². The first-order chi connectivity index (χ1) is 7.29. The number of pyridine rings is 1. The summed E-state index contributed by atoms with van der Waals surface area (Å²) < 4.78 is 25.5. The van der Waals surface area contributed by atoms with Crippen LogP contribution in [0.1, 0.15) is 22.7 Å². The summed E-state index contributed by atoms with van der Waals surface area (Å²) in [6, 6.07) is 0. The molecule has 0 aliphatic heterocycles. The third-order valence-electron chi connectivity index (χ3n) is 2.33. The quantitative estimate of drug-likeness (QED) is 0.803. The predicted octanol–water partition coefficient (Wildman–Crippen LogP) is 2.18. The van der Waals surface area contributed by atoms with Gasteiger partial charge in [0.25, 0.3) is 0 Å². The second-order valence-corrected chi connectivity index (χ2v) is 7.38. The van der Waals surface area contributed by atoms with E-state index < -0.39 is 19.7 Å². The first kappa shape index (κ1) is 13.1. The van der Waals surface area contributed by atoms with Gasteiger partial charge in [0.1, 0.15) is 12.9 Å². The van der Waals surface area contributed by atoms with Crippen molar-refractivity contribution in [3.8, 4) is 5.75 Å². The van der Waals surface area contributed by atoms with Crippen molar-refractivity contribution in [1.82, 2.24) is 4.98 Å². The molecule has 2 N–H and O–H groups in total. The number of aliphatic hydroxyl groups excluding tert-OH is 1. The number of hydrogen-bond acceptors (Lipinski definition) is 4. The van der Waals surface area contributed by atoms with Gasteiger partial charge in [0, 0.05) is 17.3 Å². The lowest BCUT2D eigenvalue weighted by atomic mass is 10.1. The van der Waals surface area contributed by atoms with E-state index in [-0.39, 0.29) is 16.9 Å². The highest BCUT2D eigenvalue weighted by atomic mass is 31.2. The molecule has 0 aliphatic carbocycles. The Morgan fingerprint density at radius 1 is 1.56 bits per heavy atom. The molecule has 1 aromatic heterocycles. The lowest BCUT2D eigenvalue weighted by Gasteiger charge is -2.17. The Bertz CT molecular complexity index is 444. The van der Waals surface area contributed by atoms with E-state index in [9.17, 15) is 14.1 Å². The summed E-state index contributed by atoms with van der Waals surface area (Å²) in [7, 11) is -2.98. The maximum absolute atomic E-state index is 13.9. The van der Waals surface area contributed by atoms with Crippen LogP contribution in [0.2, 0.25) is 0 Å². The van der Waals surface area contributed by atoms with Crippen LogP contribution in [0.25, 0.3) is 0 Å². The Kier molecular flexibility index (Phi) is 3.71. The average Bonchev–Trinajstić information content (AvgIpc) is 2.19. The highest BCUT2D eigenvalue weighted by Gasteiger charge is 2.28. The molecule has 1 unspecified atom stereocenters. The average molecular weight is 247 g/mol. The third-order valence-corrected chi connectivity index (χ3v) is 3.70. The lowest BCUT2D eigenvalue weighted by molar-refractivity contribution is 0.270. The molecule has 6 heteroatoms. The Labute approximate surface area is 93.5 Å². The predicted molar refractivity (Wildman–Crippen MR) is 59.9 cm³/mol. The van der Waals surface area contributed by atoms with Crippen LogP contribution in [0.4, 0.5) is 4.39 Å². The van der Waals surface area contributed by atoms with Gasteiger partial charge in [-0.05, 0) is 20.3 Å². The van der Waals surface area contributed by atoms with Crippen molar-refractivity contribution in [2.75, 3.05) is 13.3 Å². The SMILES string of the molecule is Cc1ncc(C(F)P(C)(C)=O)c(CO)c1O. The minimum Gasteiger partial charge on any atom is -0.506 e. The van der Waals surface area contributed by atoms with Crippen molar-refractivity contribution in [2.45, 2.75) is 19.4 Å². The van der Waals surface area contributed by atoms with E-state index in [1.807, 2.05) is 0 Å². The molecule has 0 spiro atoms. The Morgan fingerprint density at radius 3 is 2.56 bits per heavy atom. The number of nitrogens with zero attached hydrogens (tertiary/aromatic N) is 1. The molecule has 1 atom stereocenters. The molecule has 1 aromatic rings. The fraction of sp³-hybridized carbons (Fsp3) is 0.500. The van der Waals surface area contributed by atoms with E-state index in [0.717, 1.165) is 0 Å². The number of aromatic nitrogens is 1. The largest absolute Gasteiger partial charge is 0.506 e. The number of halogens is 1. The van der Waals surface area contributed by atoms with Crippen LogP contribution in [0.5, 0.6) is 5.75 Å². The molecule has 0 aromatic carbocycles.